The average Bonchev–Trinajstić information content (AvgIpc) is 2.96. The minimum atomic E-state index is -0.172. The monoisotopic (exact) mass is 336 g/mol. The summed E-state index contributed by atoms with van der Waals surface area (Å²) in [6, 6.07) is 7.31. The summed E-state index contributed by atoms with van der Waals surface area (Å²) >= 11 is 4.48. The normalized spacial score (nSPS) is 10.8. The van der Waals surface area contributed by atoms with Crippen molar-refractivity contribution in [1.29, 1.82) is 0 Å². The molecule has 7 heteroatoms. The highest BCUT2D eigenvalue weighted by molar-refractivity contribution is 9.10. The van der Waals surface area contributed by atoms with Crippen LogP contribution in [-0.2, 0) is 7.05 Å². The lowest BCUT2D eigenvalue weighted by molar-refractivity contribution is 0.101. The van der Waals surface area contributed by atoms with Crippen LogP contribution in [-0.4, -0.2) is 19.2 Å². The number of hydrogen-bond donors (Lipinski definition) is 1. The van der Waals surface area contributed by atoms with Gasteiger partial charge in [0, 0.05) is 17.7 Å². The van der Waals surface area contributed by atoms with Gasteiger partial charge in [-0.05, 0) is 34.1 Å². The van der Waals surface area contributed by atoms with Gasteiger partial charge >= 0.3 is 0 Å². The Kier molecular flexibility index (Phi) is 3.08. The topological polar surface area (TPSA) is 59.8 Å². The fourth-order valence-corrected chi connectivity index (χ4v) is 2.92. The molecule has 0 bridgehead atoms. The zero-order valence-electron chi connectivity index (χ0n) is 9.92. The van der Waals surface area contributed by atoms with Crippen molar-refractivity contribution < 1.29 is 4.79 Å². The largest absolute Gasteiger partial charge is 0.345 e. The Labute approximate surface area is 121 Å². The first-order valence-electron chi connectivity index (χ1n) is 5.49. The van der Waals surface area contributed by atoms with Crippen molar-refractivity contribution in [3.05, 3.63) is 40.6 Å². The third-order valence-corrected chi connectivity index (χ3v) is 3.71. The maximum absolute atomic E-state index is 12.2. The number of amides is 1. The number of anilines is 1. The third-order valence-electron chi connectivity index (χ3n) is 2.74. The summed E-state index contributed by atoms with van der Waals surface area (Å²) in [5, 5.41) is 2.87. The SMILES string of the molecule is Cn1cc(Br)cc1C(=O)Nc1cccc2nsnc12. The lowest BCUT2D eigenvalue weighted by Gasteiger charge is -2.06. The van der Waals surface area contributed by atoms with Gasteiger partial charge in [0.1, 0.15) is 16.7 Å². The molecule has 2 heterocycles. The Bertz CT molecular complexity index is 764. The van der Waals surface area contributed by atoms with E-state index in [9.17, 15) is 4.79 Å². The molecule has 96 valence electrons. The number of halogens is 1. The second-order valence-corrected chi connectivity index (χ2v) is 5.49. The molecule has 0 aliphatic carbocycles. The van der Waals surface area contributed by atoms with Crippen LogP contribution in [0.1, 0.15) is 10.5 Å². The van der Waals surface area contributed by atoms with E-state index in [1.54, 1.807) is 10.6 Å². The van der Waals surface area contributed by atoms with Gasteiger partial charge in [-0.2, -0.15) is 8.75 Å². The van der Waals surface area contributed by atoms with Crippen LogP contribution in [0.2, 0.25) is 0 Å². The van der Waals surface area contributed by atoms with E-state index < -0.39 is 0 Å². The molecule has 1 N–H and O–H groups in total. The maximum atomic E-state index is 12.2. The molecule has 0 radical (unpaired) electrons. The number of aryl methyl sites for hydroxylation is 1. The summed E-state index contributed by atoms with van der Waals surface area (Å²) in [6.45, 7) is 0. The van der Waals surface area contributed by atoms with Gasteiger partial charge in [-0.3, -0.25) is 4.79 Å². The number of rotatable bonds is 2. The molecule has 0 aliphatic rings. The van der Waals surface area contributed by atoms with Gasteiger partial charge in [0.15, 0.2) is 0 Å². The van der Waals surface area contributed by atoms with Crippen LogP contribution in [0.15, 0.2) is 34.9 Å². The fraction of sp³-hybridized carbons (Fsp3) is 0.0833. The molecule has 0 saturated heterocycles. The molecule has 0 unspecified atom stereocenters. The molecule has 0 atom stereocenters. The van der Waals surface area contributed by atoms with Crippen molar-refractivity contribution in [3.8, 4) is 0 Å². The van der Waals surface area contributed by atoms with Crippen LogP contribution in [0.25, 0.3) is 11.0 Å². The van der Waals surface area contributed by atoms with Crippen LogP contribution in [0, 0.1) is 0 Å². The standard InChI is InChI=1S/C12H9BrN4OS/c1-17-6-7(13)5-10(17)12(18)14-8-3-2-4-9-11(8)16-19-15-9/h2-6H,1H3,(H,14,18). The second-order valence-electron chi connectivity index (χ2n) is 4.05. The molecule has 5 nitrogen and oxygen atoms in total. The second kappa shape index (κ2) is 4.75. The number of nitrogens with zero attached hydrogens (tertiary/aromatic N) is 3. The maximum Gasteiger partial charge on any atom is 0.272 e. The highest BCUT2D eigenvalue weighted by atomic mass is 79.9. The van der Waals surface area contributed by atoms with Crippen LogP contribution < -0.4 is 5.32 Å². The van der Waals surface area contributed by atoms with Crippen LogP contribution >= 0.6 is 27.7 Å². The summed E-state index contributed by atoms with van der Waals surface area (Å²) in [4.78, 5) is 12.2. The van der Waals surface area contributed by atoms with Gasteiger partial charge in [0.2, 0.25) is 0 Å². The number of hydrogen-bond acceptors (Lipinski definition) is 4. The zero-order chi connectivity index (χ0) is 13.4. The Balaban J connectivity index is 1.95. The molecule has 0 aliphatic heterocycles. The summed E-state index contributed by atoms with van der Waals surface area (Å²) in [5.74, 6) is -0.172. The van der Waals surface area contributed by atoms with Gasteiger partial charge in [0.05, 0.1) is 17.4 Å². The van der Waals surface area contributed by atoms with Crippen molar-refractivity contribution in [2.24, 2.45) is 7.05 Å². The minimum absolute atomic E-state index is 0.172. The lowest BCUT2D eigenvalue weighted by atomic mass is 10.2. The van der Waals surface area contributed by atoms with E-state index in [-0.39, 0.29) is 5.91 Å². The molecular formula is C12H9BrN4OS. The number of benzene rings is 1. The summed E-state index contributed by atoms with van der Waals surface area (Å²) < 4.78 is 11.0. The van der Waals surface area contributed by atoms with E-state index in [2.05, 4.69) is 30.0 Å². The van der Waals surface area contributed by atoms with Gasteiger partial charge in [-0.25, -0.2) is 0 Å². The molecule has 0 fully saturated rings. The Hall–Kier alpha value is -1.73. The van der Waals surface area contributed by atoms with Gasteiger partial charge < -0.3 is 9.88 Å². The van der Waals surface area contributed by atoms with Crippen molar-refractivity contribution in [3.63, 3.8) is 0 Å². The van der Waals surface area contributed by atoms with Crippen molar-refractivity contribution >= 4 is 50.3 Å². The Morgan fingerprint density at radius 3 is 3.00 bits per heavy atom. The number of carbonyl (C=O) groups excluding carboxylic acids is 1. The Morgan fingerprint density at radius 2 is 2.26 bits per heavy atom. The third kappa shape index (κ3) is 2.26. The molecule has 0 spiro atoms. The van der Waals surface area contributed by atoms with E-state index >= 15 is 0 Å². The number of nitrogens with one attached hydrogen (secondary N) is 1. The van der Waals surface area contributed by atoms with Crippen molar-refractivity contribution in [2.75, 3.05) is 5.32 Å². The summed E-state index contributed by atoms with van der Waals surface area (Å²) in [5.41, 5.74) is 2.76. The predicted molar refractivity (Wildman–Crippen MR) is 78.5 cm³/mol. The van der Waals surface area contributed by atoms with Crippen LogP contribution in [0.4, 0.5) is 5.69 Å². The molecule has 1 amide bonds. The lowest BCUT2D eigenvalue weighted by Crippen LogP contribution is -2.15. The highest BCUT2D eigenvalue weighted by Gasteiger charge is 2.13. The van der Waals surface area contributed by atoms with E-state index in [4.69, 9.17) is 0 Å². The molecule has 3 rings (SSSR count). The zero-order valence-corrected chi connectivity index (χ0v) is 12.3. The first-order valence-corrected chi connectivity index (χ1v) is 7.02. The quantitative estimate of drug-likeness (QED) is 0.782. The van der Waals surface area contributed by atoms with E-state index in [1.165, 1.54) is 0 Å². The molecule has 1 aromatic carbocycles. The highest BCUT2D eigenvalue weighted by Crippen LogP contribution is 2.22. The number of carbonyl (C=O) groups is 1. The van der Waals surface area contributed by atoms with Crippen molar-refractivity contribution in [2.45, 2.75) is 0 Å². The molecule has 19 heavy (non-hydrogen) atoms. The molecule has 3 aromatic rings. The fourth-order valence-electron chi connectivity index (χ4n) is 1.84. The molecule has 0 saturated carbocycles. The van der Waals surface area contributed by atoms with Gasteiger partial charge in [-0.15, -0.1) is 0 Å². The first-order chi connectivity index (χ1) is 9.15. The molecule has 2 aromatic heterocycles. The smallest absolute Gasteiger partial charge is 0.272 e. The Morgan fingerprint density at radius 1 is 1.42 bits per heavy atom. The van der Waals surface area contributed by atoms with E-state index in [0.717, 1.165) is 21.7 Å². The van der Waals surface area contributed by atoms with Gasteiger partial charge in [-0.1, -0.05) is 6.07 Å². The van der Waals surface area contributed by atoms with E-state index in [0.29, 0.717) is 16.9 Å². The van der Waals surface area contributed by atoms with Crippen LogP contribution in [0.3, 0.4) is 0 Å². The van der Waals surface area contributed by atoms with Gasteiger partial charge in [0.25, 0.3) is 5.91 Å². The number of aromatic nitrogens is 3. The van der Waals surface area contributed by atoms with Crippen molar-refractivity contribution in [1.82, 2.24) is 13.3 Å². The minimum Gasteiger partial charge on any atom is -0.345 e. The first kappa shape index (κ1) is 12.3. The predicted octanol–water partition coefficient (Wildman–Crippen LogP) is 3.04. The van der Waals surface area contributed by atoms with Crippen LogP contribution in [0.5, 0.6) is 0 Å². The summed E-state index contributed by atoms with van der Waals surface area (Å²) in [6.07, 6.45) is 1.83. The number of fused-ring (bicyclic) bond motifs is 1. The molecular weight excluding hydrogens is 328 g/mol. The average molecular weight is 337 g/mol. The van der Waals surface area contributed by atoms with E-state index in [1.807, 2.05) is 31.4 Å². The summed E-state index contributed by atoms with van der Waals surface area (Å²) in [7, 11) is 1.82.